The molecule has 1 fully saturated rings. The third-order valence-electron chi connectivity index (χ3n) is 10.0. The van der Waals surface area contributed by atoms with E-state index < -0.39 is 23.6 Å². The summed E-state index contributed by atoms with van der Waals surface area (Å²) in [6.45, 7) is 6.30. The molecule has 1 aromatic heterocycles. The highest BCUT2D eigenvalue weighted by Gasteiger charge is 2.37. The van der Waals surface area contributed by atoms with Crippen molar-refractivity contribution < 1.29 is 37.7 Å². The summed E-state index contributed by atoms with van der Waals surface area (Å²) in [5.41, 5.74) is 3.54. The van der Waals surface area contributed by atoms with Crippen LogP contribution >= 0.6 is 0 Å². The Morgan fingerprint density at radius 2 is 1.27 bits per heavy atom. The quantitative estimate of drug-likeness (QED) is 0.0860. The van der Waals surface area contributed by atoms with Gasteiger partial charge in [-0.3, -0.25) is 18.8 Å². The number of aliphatic carboxylic acids is 1. The van der Waals surface area contributed by atoms with Crippen molar-refractivity contribution in [1.29, 1.82) is 0 Å². The predicted molar refractivity (Wildman–Crippen MR) is 220 cm³/mol. The second kappa shape index (κ2) is 20.4. The molecule has 1 unspecified atom stereocenters. The first-order valence-corrected chi connectivity index (χ1v) is 19.8. The topological polar surface area (TPSA) is 132 Å². The second-order valence-electron chi connectivity index (χ2n) is 15.0. The lowest BCUT2D eigenvalue weighted by Crippen LogP contribution is -2.37. The molecule has 1 aliphatic heterocycles. The van der Waals surface area contributed by atoms with Gasteiger partial charge >= 0.3 is 17.7 Å². The number of aromatic nitrogens is 2. The Labute approximate surface area is 343 Å². The van der Waals surface area contributed by atoms with Gasteiger partial charge in [-0.15, -0.1) is 0 Å². The monoisotopic (exact) mass is 810 g/mol. The standard InChI is InChI=1S/C26H31FN2O4.C20H21FN2O3/c1-4-16-29-22(18-28(25(29)32)17-20-8-12-21(27)13-9-20)7-5-6-19-10-14-23(15-11-19)33-26(2,3)24(30)31;1-26-17-11-7-14(8-12-17)3-2-4-18-19(24)23(20(25)22-18)13-15-5-9-16(21)10-6-15/h8-15,18H,4-7,16-17H2,1-3H3,(H,30,31);5-12,18H,2-4,13H2,1H3,(H,22,25). The van der Waals surface area contributed by atoms with E-state index in [9.17, 15) is 33.1 Å². The van der Waals surface area contributed by atoms with E-state index in [0.717, 1.165) is 66.7 Å². The average molecular weight is 811 g/mol. The highest BCUT2D eigenvalue weighted by atomic mass is 19.1. The number of rotatable bonds is 18. The minimum absolute atomic E-state index is 0.0429. The Morgan fingerprint density at radius 3 is 1.81 bits per heavy atom. The summed E-state index contributed by atoms with van der Waals surface area (Å²) >= 11 is 0. The van der Waals surface area contributed by atoms with Crippen LogP contribution in [0.5, 0.6) is 11.5 Å². The number of urea groups is 1. The molecule has 0 radical (unpaired) electrons. The Morgan fingerprint density at radius 1 is 0.746 bits per heavy atom. The number of nitrogens with one attached hydrogen (secondary N) is 1. The number of carbonyl (C=O) groups excluding carboxylic acids is 2. The normalized spacial score (nSPS) is 13.8. The molecule has 5 aromatic rings. The molecule has 4 aromatic carbocycles. The fraction of sp³-hybridized carbons (Fsp3) is 0.348. The van der Waals surface area contributed by atoms with Crippen molar-refractivity contribution in [3.63, 3.8) is 0 Å². The molecule has 1 atom stereocenters. The number of imidazole rings is 1. The molecule has 312 valence electrons. The number of carbonyl (C=O) groups is 3. The van der Waals surface area contributed by atoms with Gasteiger partial charge in [-0.05, 0) is 130 Å². The largest absolute Gasteiger partial charge is 0.497 e. The number of hydrogen-bond acceptors (Lipinski definition) is 6. The number of aryl methyl sites for hydroxylation is 3. The fourth-order valence-corrected chi connectivity index (χ4v) is 6.68. The molecule has 1 aliphatic rings. The number of carboxylic acid groups (broad SMARTS) is 1. The lowest BCUT2D eigenvalue weighted by Gasteiger charge is -2.21. The Hall–Kier alpha value is -6.24. The van der Waals surface area contributed by atoms with E-state index >= 15 is 0 Å². The summed E-state index contributed by atoms with van der Waals surface area (Å²) in [5.74, 6) is -0.558. The minimum Gasteiger partial charge on any atom is -0.497 e. The lowest BCUT2D eigenvalue weighted by molar-refractivity contribution is -0.152. The van der Waals surface area contributed by atoms with Crippen LogP contribution in [0.1, 0.15) is 74.4 Å². The maximum Gasteiger partial charge on any atom is 0.347 e. The molecule has 2 heterocycles. The highest BCUT2D eigenvalue weighted by molar-refractivity contribution is 6.04. The molecule has 3 amide bonds. The molecular formula is C46H52F2N4O7. The maximum absolute atomic E-state index is 13.2. The summed E-state index contributed by atoms with van der Waals surface area (Å²) in [7, 11) is 1.63. The van der Waals surface area contributed by atoms with E-state index in [1.807, 2.05) is 54.1 Å². The minimum atomic E-state index is -1.29. The van der Waals surface area contributed by atoms with Crippen molar-refractivity contribution in [3.8, 4) is 11.5 Å². The molecule has 0 saturated carbocycles. The van der Waals surface area contributed by atoms with Crippen LogP contribution in [0.3, 0.4) is 0 Å². The van der Waals surface area contributed by atoms with Crippen LogP contribution in [-0.4, -0.2) is 55.8 Å². The zero-order valence-corrected chi connectivity index (χ0v) is 34.0. The first kappa shape index (κ1) is 43.9. The molecule has 13 heteroatoms. The number of nitrogens with zero attached hydrogens (tertiary/aromatic N) is 3. The van der Waals surface area contributed by atoms with Crippen molar-refractivity contribution in [2.45, 2.75) is 97.0 Å². The summed E-state index contributed by atoms with van der Waals surface area (Å²) < 4.78 is 40.3. The van der Waals surface area contributed by atoms with Crippen molar-refractivity contribution in [3.05, 3.63) is 153 Å². The van der Waals surface area contributed by atoms with Gasteiger partial charge < -0.3 is 19.9 Å². The Balaban J connectivity index is 0.000000230. The van der Waals surface area contributed by atoms with E-state index in [1.165, 1.54) is 43.0 Å². The van der Waals surface area contributed by atoms with Gasteiger partial charge in [-0.25, -0.2) is 23.2 Å². The number of halogens is 2. The number of methoxy groups -OCH3 is 1. The number of hydrogen-bond donors (Lipinski definition) is 2. The van der Waals surface area contributed by atoms with Crippen molar-refractivity contribution in [2.75, 3.05) is 7.11 Å². The number of benzene rings is 4. The van der Waals surface area contributed by atoms with Crippen molar-refractivity contribution >= 4 is 17.9 Å². The van der Waals surface area contributed by atoms with Crippen LogP contribution < -0.4 is 20.5 Å². The number of amides is 3. The van der Waals surface area contributed by atoms with Gasteiger partial charge in [0.25, 0.3) is 5.91 Å². The van der Waals surface area contributed by atoms with Crippen molar-refractivity contribution in [1.82, 2.24) is 19.4 Å². The lowest BCUT2D eigenvalue weighted by atomic mass is 10.0. The summed E-state index contributed by atoms with van der Waals surface area (Å²) in [6, 6.07) is 26.3. The van der Waals surface area contributed by atoms with Gasteiger partial charge in [-0.1, -0.05) is 55.5 Å². The third-order valence-corrected chi connectivity index (χ3v) is 10.0. The molecule has 1 saturated heterocycles. The van der Waals surface area contributed by atoms with Gasteiger partial charge in [0.05, 0.1) is 20.2 Å². The second-order valence-corrected chi connectivity index (χ2v) is 15.0. The van der Waals surface area contributed by atoms with E-state index in [4.69, 9.17) is 9.47 Å². The van der Waals surface area contributed by atoms with Gasteiger partial charge in [-0.2, -0.15) is 0 Å². The summed E-state index contributed by atoms with van der Waals surface area (Å²) in [5, 5.41) is 11.9. The zero-order valence-electron chi connectivity index (χ0n) is 34.0. The Bertz CT molecular complexity index is 2220. The summed E-state index contributed by atoms with van der Waals surface area (Å²) in [6.07, 6.45) is 7.41. The zero-order chi connectivity index (χ0) is 42.5. The maximum atomic E-state index is 13.2. The SMILES string of the molecule is CCCn1c(CCCc2ccc(OC(C)(C)C(=O)O)cc2)cn(Cc2ccc(F)cc2)c1=O.COc1ccc(CCCC2NC(=O)N(Cc3ccc(F)cc3)C2=O)cc1. The van der Waals surface area contributed by atoms with Crippen molar-refractivity contribution in [2.24, 2.45) is 0 Å². The van der Waals surface area contributed by atoms with Gasteiger partial charge in [0, 0.05) is 18.4 Å². The predicted octanol–water partition coefficient (Wildman–Crippen LogP) is 7.94. The molecule has 0 bridgehead atoms. The molecule has 0 spiro atoms. The van der Waals surface area contributed by atoms with Crippen LogP contribution in [0.2, 0.25) is 0 Å². The number of imide groups is 1. The number of ether oxygens (including phenoxy) is 2. The summed E-state index contributed by atoms with van der Waals surface area (Å²) in [4.78, 5) is 49.8. The fourth-order valence-electron chi connectivity index (χ4n) is 6.68. The highest BCUT2D eigenvalue weighted by Crippen LogP contribution is 2.21. The average Bonchev–Trinajstić information content (AvgIpc) is 3.65. The molecular weight excluding hydrogens is 759 g/mol. The molecule has 6 rings (SSSR count). The molecule has 59 heavy (non-hydrogen) atoms. The smallest absolute Gasteiger partial charge is 0.347 e. The number of carboxylic acids is 1. The van der Waals surface area contributed by atoms with Gasteiger partial charge in [0.15, 0.2) is 5.60 Å². The van der Waals surface area contributed by atoms with Crippen LogP contribution in [0.4, 0.5) is 13.6 Å². The van der Waals surface area contributed by atoms with Crippen LogP contribution in [-0.2, 0) is 48.5 Å². The van der Waals surface area contributed by atoms with Gasteiger partial charge in [0.1, 0.15) is 29.2 Å². The van der Waals surface area contributed by atoms with E-state index in [-0.39, 0.29) is 29.8 Å². The van der Waals surface area contributed by atoms with Gasteiger partial charge in [0.2, 0.25) is 0 Å². The van der Waals surface area contributed by atoms with E-state index in [2.05, 4.69) is 5.32 Å². The van der Waals surface area contributed by atoms with E-state index in [0.29, 0.717) is 30.8 Å². The van der Waals surface area contributed by atoms with E-state index in [1.54, 1.807) is 48.1 Å². The molecule has 2 N–H and O–H groups in total. The first-order chi connectivity index (χ1) is 28.3. The molecule has 11 nitrogen and oxygen atoms in total. The first-order valence-electron chi connectivity index (χ1n) is 19.8. The third kappa shape index (κ3) is 12.4. The molecule has 0 aliphatic carbocycles. The van der Waals surface area contributed by atoms with Crippen LogP contribution in [0.15, 0.2) is 108 Å². The Kier molecular flexibility index (Phi) is 15.2. The van der Waals surface area contributed by atoms with Crippen LogP contribution in [0, 0.1) is 11.6 Å². The van der Waals surface area contributed by atoms with Crippen LogP contribution in [0.25, 0.3) is 0 Å².